The summed E-state index contributed by atoms with van der Waals surface area (Å²) in [5, 5.41) is 15.9. The third kappa shape index (κ3) is 4.99. The molecule has 0 aliphatic heterocycles. The van der Waals surface area contributed by atoms with Gasteiger partial charge in [0.2, 0.25) is 0 Å². The van der Waals surface area contributed by atoms with Crippen molar-refractivity contribution in [2.45, 2.75) is 6.43 Å². The summed E-state index contributed by atoms with van der Waals surface area (Å²) in [6.45, 7) is 0. The Kier molecular flexibility index (Phi) is 5.99. The summed E-state index contributed by atoms with van der Waals surface area (Å²) in [5.74, 6) is -0.598. The van der Waals surface area contributed by atoms with Gasteiger partial charge in [0.1, 0.15) is 6.33 Å². The average Bonchev–Trinajstić information content (AvgIpc) is 3.17. The Morgan fingerprint density at radius 1 is 1.08 bits per heavy atom. The molecule has 3 aromatic rings. The van der Waals surface area contributed by atoms with E-state index in [-0.39, 0.29) is 17.3 Å². The number of alkyl halides is 2. The molecule has 0 aliphatic rings. The van der Waals surface area contributed by atoms with Crippen LogP contribution in [0, 0.1) is 10.1 Å². The third-order valence-electron chi connectivity index (χ3n) is 3.00. The van der Waals surface area contributed by atoms with Gasteiger partial charge in [-0.05, 0) is 0 Å². The van der Waals surface area contributed by atoms with E-state index >= 15 is 0 Å². The van der Waals surface area contributed by atoms with Crippen molar-refractivity contribution in [1.82, 2.24) is 15.2 Å². The number of H-pyrrole nitrogens is 1. The highest BCUT2D eigenvalue weighted by Gasteiger charge is 2.12. The van der Waals surface area contributed by atoms with Crippen molar-refractivity contribution in [3.05, 3.63) is 88.0 Å². The normalized spacial score (nSPS) is 10.0. The molecule has 7 nitrogen and oxygen atoms in total. The van der Waals surface area contributed by atoms with Crippen molar-refractivity contribution in [1.29, 1.82) is 0 Å². The number of nitro benzene ring substituents is 1. The first-order valence-electron chi connectivity index (χ1n) is 6.96. The van der Waals surface area contributed by atoms with Gasteiger partial charge in [0.15, 0.2) is 11.6 Å². The summed E-state index contributed by atoms with van der Waals surface area (Å²) < 4.78 is 22.9. The summed E-state index contributed by atoms with van der Waals surface area (Å²) in [6.07, 6.45) is -1.50. The molecule has 3 rings (SSSR count). The molecule has 0 radical (unpaired) electrons. The molecule has 0 saturated heterocycles. The Morgan fingerprint density at radius 2 is 1.76 bits per heavy atom. The van der Waals surface area contributed by atoms with Crippen LogP contribution in [0.2, 0.25) is 0 Å². The Labute approximate surface area is 140 Å². The molecule has 1 aromatic heterocycles. The van der Waals surface area contributed by atoms with E-state index in [4.69, 9.17) is 0 Å². The van der Waals surface area contributed by atoms with E-state index in [1.165, 1.54) is 18.2 Å². The number of nitrogens with zero attached hydrogens (tertiary/aromatic N) is 3. The quantitative estimate of drug-likeness (QED) is 0.442. The zero-order valence-electron chi connectivity index (χ0n) is 12.7. The number of non-ortho nitro benzene ring substituents is 1. The zero-order chi connectivity index (χ0) is 18.2. The van der Waals surface area contributed by atoms with E-state index in [2.05, 4.69) is 10.1 Å². The highest BCUT2D eigenvalue weighted by Crippen LogP contribution is 2.16. The van der Waals surface area contributed by atoms with Crippen LogP contribution in [-0.2, 0) is 0 Å². The maximum atomic E-state index is 12.0. The van der Waals surface area contributed by atoms with Gasteiger partial charge in [0, 0.05) is 23.3 Å². The Morgan fingerprint density at radius 3 is 2.28 bits per heavy atom. The minimum Gasteiger partial charge on any atom is -0.289 e. The van der Waals surface area contributed by atoms with Crippen LogP contribution in [0.25, 0.3) is 0 Å². The van der Waals surface area contributed by atoms with Gasteiger partial charge in [-0.25, -0.2) is 13.8 Å². The lowest BCUT2D eigenvalue weighted by atomic mass is 10.0. The standard InChI is InChI=1S/C13H9NO3.C3H3F2N3/c15-13(10-5-2-1-3-6-10)11-7-4-8-12(9-11)14(16)17;4-2(5)3-6-1-7-8-3/h1-9H;1-2H,(H,6,7,8). The molecule has 1 N–H and O–H groups in total. The SMILES string of the molecule is FC(F)c1ncn[nH]1.O=C(c1ccccc1)c1cccc([N+](=O)[O-])c1. The summed E-state index contributed by atoms with van der Waals surface area (Å²) in [5.41, 5.74) is 0.769. The molecule has 1 heterocycles. The van der Waals surface area contributed by atoms with Crippen LogP contribution in [0.4, 0.5) is 14.5 Å². The lowest BCUT2D eigenvalue weighted by Gasteiger charge is -2.00. The number of nitro groups is 1. The maximum Gasteiger partial charge on any atom is 0.296 e. The largest absolute Gasteiger partial charge is 0.296 e. The van der Waals surface area contributed by atoms with Gasteiger partial charge < -0.3 is 0 Å². The minimum atomic E-state index is -2.54. The van der Waals surface area contributed by atoms with Crippen molar-refractivity contribution in [2.24, 2.45) is 0 Å². The van der Waals surface area contributed by atoms with Crippen molar-refractivity contribution in [3.63, 3.8) is 0 Å². The molecule has 0 atom stereocenters. The lowest BCUT2D eigenvalue weighted by molar-refractivity contribution is -0.384. The van der Waals surface area contributed by atoms with E-state index in [0.717, 1.165) is 6.33 Å². The van der Waals surface area contributed by atoms with Gasteiger partial charge >= 0.3 is 0 Å². The van der Waals surface area contributed by atoms with E-state index in [0.29, 0.717) is 11.1 Å². The molecular weight excluding hydrogens is 334 g/mol. The first-order chi connectivity index (χ1) is 12.0. The average molecular weight is 346 g/mol. The van der Waals surface area contributed by atoms with Gasteiger partial charge in [-0.15, -0.1) is 0 Å². The summed E-state index contributed by atoms with van der Waals surface area (Å²) in [7, 11) is 0. The minimum absolute atomic E-state index is 0.0771. The number of aromatic nitrogens is 3. The van der Waals surface area contributed by atoms with E-state index in [9.17, 15) is 23.7 Å². The van der Waals surface area contributed by atoms with E-state index in [1.807, 2.05) is 11.2 Å². The van der Waals surface area contributed by atoms with Crippen LogP contribution >= 0.6 is 0 Å². The number of aromatic amines is 1. The van der Waals surface area contributed by atoms with E-state index < -0.39 is 11.3 Å². The topological polar surface area (TPSA) is 102 Å². The smallest absolute Gasteiger partial charge is 0.289 e. The first kappa shape index (κ1) is 17.9. The Balaban J connectivity index is 0.000000236. The van der Waals surface area contributed by atoms with Crippen molar-refractivity contribution < 1.29 is 18.5 Å². The van der Waals surface area contributed by atoms with Gasteiger partial charge in [-0.1, -0.05) is 42.5 Å². The van der Waals surface area contributed by atoms with Crippen LogP contribution in [0.15, 0.2) is 60.9 Å². The number of nitrogens with one attached hydrogen (secondary N) is 1. The molecule has 128 valence electrons. The van der Waals surface area contributed by atoms with Crippen molar-refractivity contribution in [3.8, 4) is 0 Å². The predicted molar refractivity (Wildman–Crippen MR) is 84.3 cm³/mol. The highest BCUT2D eigenvalue weighted by atomic mass is 19.3. The second-order valence-electron chi connectivity index (χ2n) is 4.67. The molecule has 0 bridgehead atoms. The van der Waals surface area contributed by atoms with Crippen LogP contribution < -0.4 is 0 Å². The highest BCUT2D eigenvalue weighted by molar-refractivity contribution is 6.09. The molecule has 0 aliphatic carbocycles. The van der Waals surface area contributed by atoms with Crippen LogP contribution in [0.5, 0.6) is 0 Å². The number of benzene rings is 2. The fraction of sp³-hybridized carbons (Fsp3) is 0.0625. The fourth-order valence-corrected chi connectivity index (χ4v) is 1.84. The molecule has 9 heteroatoms. The van der Waals surface area contributed by atoms with Crippen LogP contribution in [0.3, 0.4) is 0 Å². The zero-order valence-corrected chi connectivity index (χ0v) is 12.7. The number of ketones is 1. The number of hydrogen-bond acceptors (Lipinski definition) is 5. The summed E-state index contributed by atoms with van der Waals surface area (Å²) in [4.78, 5) is 25.3. The van der Waals surface area contributed by atoms with Crippen LogP contribution in [0.1, 0.15) is 28.2 Å². The van der Waals surface area contributed by atoms with Gasteiger partial charge in [0.05, 0.1) is 4.92 Å². The summed E-state index contributed by atoms with van der Waals surface area (Å²) >= 11 is 0. The Bertz CT molecular complexity index is 840. The molecule has 0 fully saturated rings. The number of hydrogen-bond donors (Lipinski definition) is 1. The number of carbonyl (C=O) groups is 1. The number of halogens is 2. The van der Waals surface area contributed by atoms with Gasteiger partial charge in [-0.3, -0.25) is 20.0 Å². The number of rotatable bonds is 4. The summed E-state index contributed by atoms with van der Waals surface area (Å²) in [6, 6.07) is 14.4. The molecule has 25 heavy (non-hydrogen) atoms. The van der Waals surface area contributed by atoms with E-state index in [1.54, 1.807) is 30.3 Å². The van der Waals surface area contributed by atoms with Crippen molar-refractivity contribution in [2.75, 3.05) is 0 Å². The van der Waals surface area contributed by atoms with Crippen molar-refractivity contribution >= 4 is 11.5 Å². The molecule has 0 saturated carbocycles. The molecular formula is C16H12F2N4O3. The third-order valence-corrected chi connectivity index (χ3v) is 3.00. The first-order valence-corrected chi connectivity index (χ1v) is 6.96. The number of carbonyl (C=O) groups excluding carboxylic acids is 1. The lowest BCUT2D eigenvalue weighted by Crippen LogP contribution is -2.01. The maximum absolute atomic E-state index is 12.0. The molecule has 2 aromatic carbocycles. The second-order valence-corrected chi connectivity index (χ2v) is 4.67. The Hall–Kier alpha value is -3.49. The van der Waals surface area contributed by atoms with Gasteiger partial charge in [0.25, 0.3) is 12.1 Å². The monoisotopic (exact) mass is 346 g/mol. The molecule has 0 unspecified atom stereocenters. The second kappa shape index (κ2) is 8.39. The predicted octanol–water partition coefficient (Wildman–Crippen LogP) is 3.57. The van der Waals surface area contributed by atoms with Gasteiger partial charge in [-0.2, -0.15) is 5.10 Å². The van der Waals surface area contributed by atoms with Crippen LogP contribution in [-0.4, -0.2) is 25.9 Å². The molecule has 0 spiro atoms. The molecule has 0 amide bonds. The fourth-order valence-electron chi connectivity index (χ4n) is 1.84.